The number of halogens is 2. The molecule has 2 N–H and O–H groups in total. The lowest BCUT2D eigenvalue weighted by Gasteiger charge is -2.28. The van der Waals surface area contributed by atoms with Crippen molar-refractivity contribution in [1.82, 2.24) is 5.32 Å². The molecule has 2 aliphatic carbocycles. The summed E-state index contributed by atoms with van der Waals surface area (Å²) in [5, 5.41) is 14.9. The third-order valence-corrected chi connectivity index (χ3v) is 11.3. The Bertz CT molecular complexity index is 587. The van der Waals surface area contributed by atoms with Crippen molar-refractivity contribution in [3.05, 3.63) is 33.8 Å². The average molecular weight is 445 g/mol. The van der Waals surface area contributed by atoms with E-state index >= 15 is 0 Å². The molecule has 3 rings (SSSR count). The first-order valence-corrected chi connectivity index (χ1v) is 14.3. The zero-order chi connectivity index (χ0) is 20.8. The van der Waals surface area contributed by atoms with Gasteiger partial charge in [-0.15, -0.1) is 0 Å². The van der Waals surface area contributed by atoms with Gasteiger partial charge >= 0.3 is 0 Å². The Morgan fingerprint density at radius 2 is 1.57 bits per heavy atom. The van der Waals surface area contributed by atoms with Crippen LogP contribution in [0.5, 0.6) is 0 Å². The molecule has 2 fully saturated rings. The average Bonchev–Trinajstić information content (AvgIpc) is 3.17. The highest BCUT2D eigenvalue weighted by atomic mass is 35.5. The highest BCUT2D eigenvalue weighted by Gasteiger charge is 2.51. The van der Waals surface area contributed by atoms with E-state index in [2.05, 4.69) is 33.0 Å². The highest BCUT2D eigenvalue weighted by molar-refractivity contribution is 6.58. The second kappa shape index (κ2) is 10.8. The Balaban J connectivity index is 0.000000345. The Hall–Kier alpha value is -0.0631. The van der Waals surface area contributed by atoms with Crippen LogP contribution in [0.2, 0.25) is 28.2 Å². The monoisotopic (exact) mass is 443 g/mol. The molecule has 2 nitrogen and oxygen atoms in total. The lowest BCUT2D eigenvalue weighted by Crippen LogP contribution is -2.33. The maximum Gasteiger partial charge on any atom is 0.0943 e. The standard InChI is InChI=1S/C17H23Cl2NO.C6H16Si/c1-16-5-7-17(10-16,8-6-16)11-20-9-14(21)15-12(18)3-2-4-13(15)19;1-4-7(5-2)6-3/h2-4,14,20-21H,5-11H2,1H3;7H,4-6H2,1-3H3. The van der Waals surface area contributed by atoms with Crippen molar-refractivity contribution < 1.29 is 5.11 Å². The molecule has 0 radical (unpaired) electrons. The van der Waals surface area contributed by atoms with Crippen molar-refractivity contribution >= 4 is 32.0 Å². The molecule has 160 valence electrons. The number of hydrogen-bond donors (Lipinski definition) is 2. The van der Waals surface area contributed by atoms with E-state index < -0.39 is 6.10 Å². The van der Waals surface area contributed by atoms with Gasteiger partial charge in [-0.3, -0.25) is 0 Å². The second-order valence-electron chi connectivity index (χ2n) is 9.36. The minimum atomic E-state index is -0.656. The normalized spacial score (nSPS) is 27.0. The zero-order valence-corrected chi connectivity index (χ0v) is 20.8. The van der Waals surface area contributed by atoms with E-state index in [0.717, 1.165) is 6.54 Å². The van der Waals surface area contributed by atoms with Gasteiger partial charge in [0.1, 0.15) is 0 Å². The highest BCUT2D eigenvalue weighted by Crippen LogP contribution is 2.60. The first-order valence-electron chi connectivity index (χ1n) is 11.1. The van der Waals surface area contributed by atoms with Crippen molar-refractivity contribution in [1.29, 1.82) is 0 Å². The summed E-state index contributed by atoms with van der Waals surface area (Å²) in [4.78, 5) is 0. The van der Waals surface area contributed by atoms with Gasteiger partial charge in [0.15, 0.2) is 0 Å². The summed E-state index contributed by atoms with van der Waals surface area (Å²) in [7, 11) is -0.171. The van der Waals surface area contributed by atoms with Gasteiger partial charge in [0, 0.05) is 37.5 Å². The van der Waals surface area contributed by atoms with E-state index in [1.54, 1.807) is 18.2 Å². The van der Waals surface area contributed by atoms with E-state index in [4.69, 9.17) is 23.2 Å². The zero-order valence-electron chi connectivity index (χ0n) is 18.2. The Labute approximate surface area is 184 Å². The quantitative estimate of drug-likeness (QED) is 0.429. The predicted octanol–water partition coefficient (Wildman–Crippen LogP) is 6.86. The maximum atomic E-state index is 10.3. The first-order chi connectivity index (χ1) is 13.3. The van der Waals surface area contributed by atoms with Crippen molar-refractivity contribution in [3.8, 4) is 0 Å². The molecule has 0 amide bonds. The Morgan fingerprint density at radius 3 is 1.96 bits per heavy atom. The molecular formula is C23H39Cl2NOSi. The van der Waals surface area contributed by atoms with Crippen molar-refractivity contribution in [2.75, 3.05) is 13.1 Å². The molecule has 0 heterocycles. The van der Waals surface area contributed by atoms with E-state index in [1.807, 2.05) is 0 Å². The third-order valence-electron chi connectivity index (χ3n) is 7.22. The summed E-state index contributed by atoms with van der Waals surface area (Å²) in [5.74, 6) is 0. The first kappa shape index (κ1) is 24.2. The minimum Gasteiger partial charge on any atom is -0.387 e. The number of rotatable bonds is 8. The van der Waals surface area contributed by atoms with Gasteiger partial charge in [-0.2, -0.15) is 0 Å². The van der Waals surface area contributed by atoms with Crippen LogP contribution in [0.4, 0.5) is 0 Å². The molecule has 1 unspecified atom stereocenters. The van der Waals surface area contributed by atoms with E-state index in [0.29, 0.717) is 33.0 Å². The molecule has 0 aliphatic heterocycles. The summed E-state index contributed by atoms with van der Waals surface area (Å²) >= 11 is 12.3. The van der Waals surface area contributed by atoms with Gasteiger partial charge in [-0.05, 0) is 55.1 Å². The summed E-state index contributed by atoms with van der Waals surface area (Å²) in [6, 6.07) is 9.81. The molecule has 0 saturated heterocycles. The van der Waals surface area contributed by atoms with Gasteiger partial charge < -0.3 is 10.4 Å². The Kier molecular flexibility index (Phi) is 9.35. The van der Waals surface area contributed by atoms with Gasteiger partial charge in [0.2, 0.25) is 0 Å². The van der Waals surface area contributed by atoms with Crippen LogP contribution in [-0.2, 0) is 0 Å². The fourth-order valence-electron chi connectivity index (χ4n) is 5.15. The molecule has 1 aromatic carbocycles. The molecule has 5 heteroatoms. The van der Waals surface area contributed by atoms with E-state index in [1.165, 1.54) is 50.2 Å². The van der Waals surface area contributed by atoms with Crippen LogP contribution in [-0.4, -0.2) is 27.0 Å². The summed E-state index contributed by atoms with van der Waals surface area (Å²) < 4.78 is 0. The SMILES string of the molecule is CC12CCC(CNCC(O)c3c(Cl)cccc3Cl)(CC1)C2.CC[SiH](CC)CC. The Morgan fingerprint density at radius 1 is 1.04 bits per heavy atom. The third kappa shape index (κ3) is 6.22. The number of aliphatic hydroxyl groups is 1. The van der Waals surface area contributed by atoms with Gasteiger partial charge in [0.25, 0.3) is 0 Å². The molecule has 28 heavy (non-hydrogen) atoms. The molecule has 1 aromatic rings. The maximum absolute atomic E-state index is 10.3. The molecule has 0 spiro atoms. The topological polar surface area (TPSA) is 32.3 Å². The minimum absolute atomic E-state index is 0.171. The number of aliphatic hydroxyl groups excluding tert-OH is 1. The summed E-state index contributed by atoms with van der Waals surface area (Å²) in [6.07, 6.45) is 6.02. The van der Waals surface area contributed by atoms with Crippen molar-refractivity contribution in [2.24, 2.45) is 10.8 Å². The smallest absolute Gasteiger partial charge is 0.0943 e. The van der Waals surface area contributed by atoms with E-state index in [9.17, 15) is 5.11 Å². The van der Waals surface area contributed by atoms with Crippen LogP contribution in [0.25, 0.3) is 0 Å². The van der Waals surface area contributed by atoms with Crippen LogP contribution in [0, 0.1) is 10.8 Å². The van der Waals surface area contributed by atoms with E-state index in [-0.39, 0.29) is 8.80 Å². The number of benzene rings is 1. The van der Waals surface area contributed by atoms with Crippen LogP contribution in [0.1, 0.15) is 71.5 Å². The summed E-state index contributed by atoms with van der Waals surface area (Å²) in [6.45, 7) is 10.9. The number of hydrogen-bond acceptors (Lipinski definition) is 2. The molecule has 2 bridgehead atoms. The van der Waals surface area contributed by atoms with Crippen molar-refractivity contribution in [3.63, 3.8) is 0 Å². The van der Waals surface area contributed by atoms with Gasteiger partial charge in [-0.25, -0.2) is 0 Å². The van der Waals surface area contributed by atoms with Gasteiger partial charge in [0.05, 0.1) is 6.10 Å². The van der Waals surface area contributed by atoms with Crippen LogP contribution >= 0.6 is 23.2 Å². The van der Waals surface area contributed by atoms with Crippen molar-refractivity contribution in [2.45, 2.75) is 84.0 Å². The molecular weight excluding hydrogens is 405 g/mol. The van der Waals surface area contributed by atoms with Crippen LogP contribution in [0.15, 0.2) is 18.2 Å². The molecule has 2 aliphatic rings. The predicted molar refractivity (Wildman–Crippen MR) is 127 cm³/mol. The molecule has 2 saturated carbocycles. The van der Waals surface area contributed by atoms with Crippen LogP contribution < -0.4 is 5.32 Å². The fraction of sp³-hybridized carbons (Fsp3) is 0.739. The largest absolute Gasteiger partial charge is 0.387 e. The molecule has 1 atom stereocenters. The molecule has 0 aromatic heterocycles. The second-order valence-corrected chi connectivity index (χ2v) is 14.4. The summed E-state index contributed by atoms with van der Waals surface area (Å²) in [5.41, 5.74) is 1.67. The van der Waals surface area contributed by atoms with Gasteiger partial charge in [-0.1, -0.05) is 75.1 Å². The number of fused-ring (bicyclic) bond motifs is 2. The van der Waals surface area contributed by atoms with Crippen LogP contribution in [0.3, 0.4) is 0 Å². The number of nitrogens with one attached hydrogen (secondary N) is 1. The lowest BCUT2D eigenvalue weighted by atomic mass is 9.83. The lowest BCUT2D eigenvalue weighted by molar-refractivity contribution is 0.165. The fourth-order valence-corrected chi connectivity index (χ4v) is 7.53.